The highest BCUT2D eigenvalue weighted by molar-refractivity contribution is 5.37. The summed E-state index contributed by atoms with van der Waals surface area (Å²) < 4.78 is 11.0. The summed E-state index contributed by atoms with van der Waals surface area (Å²) in [6, 6.07) is 0. The average Bonchev–Trinajstić information content (AvgIpc) is 2.33. The third-order valence-corrected chi connectivity index (χ3v) is 4.01. The van der Waals surface area contributed by atoms with E-state index in [0.717, 1.165) is 12.8 Å². The number of carbonyl (C=O) groups excluding carboxylic acids is 1. The lowest BCUT2D eigenvalue weighted by molar-refractivity contribution is -0.141. The average molecular weight is 256 g/mol. The van der Waals surface area contributed by atoms with Crippen molar-refractivity contribution in [3.05, 3.63) is 0 Å². The minimum atomic E-state index is -0.0926. The maximum absolute atomic E-state index is 10.4. The fourth-order valence-electron chi connectivity index (χ4n) is 2.85. The molecule has 18 heavy (non-hydrogen) atoms. The van der Waals surface area contributed by atoms with Crippen molar-refractivity contribution >= 4 is 6.47 Å². The van der Waals surface area contributed by atoms with Crippen LogP contribution < -0.4 is 0 Å². The van der Waals surface area contributed by atoms with Gasteiger partial charge in [-0.3, -0.25) is 4.79 Å². The van der Waals surface area contributed by atoms with Gasteiger partial charge in [-0.15, -0.1) is 0 Å². The van der Waals surface area contributed by atoms with E-state index in [1.165, 1.54) is 19.3 Å². The smallest absolute Gasteiger partial charge is 0.293 e. The van der Waals surface area contributed by atoms with Gasteiger partial charge in [0.2, 0.25) is 0 Å². The normalized spacial score (nSPS) is 26.7. The zero-order valence-corrected chi connectivity index (χ0v) is 12.3. The van der Waals surface area contributed by atoms with E-state index in [2.05, 4.69) is 20.8 Å². The van der Waals surface area contributed by atoms with Crippen LogP contribution in [-0.2, 0) is 14.3 Å². The highest BCUT2D eigenvalue weighted by Gasteiger charge is 2.35. The molecule has 1 aliphatic carbocycles. The second-order valence-corrected chi connectivity index (χ2v) is 6.39. The van der Waals surface area contributed by atoms with E-state index >= 15 is 0 Å². The molecular weight excluding hydrogens is 228 g/mol. The third kappa shape index (κ3) is 4.60. The number of rotatable bonds is 6. The molecule has 106 valence electrons. The van der Waals surface area contributed by atoms with E-state index in [0.29, 0.717) is 25.1 Å². The van der Waals surface area contributed by atoms with E-state index in [4.69, 9.17) is 9.47 Å². The second kappa shape index (κ2) is 7.13. The molecule has 0 aliphatic heterocycles. The highest BCUT2D eigenvalue weighted by atomic mass is 16.6. The standard InChI is InChI=1S/C15H28O3/c1-5-12(18-11-16)10-17-14-9-7-6-8-13(14)15(2,3)4/h11-14H,5-10H2,1-4H3. The molecule has 0 heterocycles. The molecule has 0 bridgehead atoms. The lowest BCUT2D eigenvalue weighted by Crippen LogP contribution is -2.38. The SMILES string of the molecule is CCC(COC1CCCCC1C(C)(C)C)OC=O. The number of hydrogen-bond acceptors (Lipinski definition) is 3. The summed E-state index contributed by atoms with van der Waals surface area (Å²) in [4.78, 5) is 10.4. The van der Waals surface area contributed by atoms with Gasteiger partial charge in [0.15, 0.2) is 0 Å². The monoisotopic (exact) mass is 256 g/mol. The topological polar surface area (TPSA) is 35.5 Å². The molecule has 0 radical (unpaired) electrons. The summed E-state index contributed by atoms with van der Waals surface area (Å²) in [6.07, 6.45) is 5.99. The van der Waals surface area contributed by atoms with Crippen LogP contribution in [0.15, 0.2) is 0 Å². The largest absolute Gasteiger partial charge is 0.462 e. The zero-order valence-electron chi connectivity index (χ0n) is 12.3. The first-order chi connectivity index (χ1) is 8.49. The summed E-state index contributed by atoms with van der Waals surface area (Å²) >= 11 is 0. The summed E-state index contributed by atoms with van der Waals surface area (Å²) in [5.41, 5.74) is 0.290. The van der Waals surface area contributed by atoms with Crippen molar-refractivity contribution in [2.45, 2.75) is 72.0 Å². The predicted octanol–water partition coefficient (Wildman–Crippen LogP) is 3.56. The molecule has 1 saturated carbocycles. The first-order valence-corrected chi connectivity index (χ1v) is 7.19. The molecular formula is C15H28O3. The van der Waals surface area contributed by atoms with Crippen LogP contribution in [-0.4, -0.2) is 25.3 Å². The lowest BCUT2D eigenvalue weighted by Gasteiger charge is -2.40. The van der Waals surface area contributed by atoms with E-state index in [1.54, 1.807) is 0 Å². The van der Waals surface area contributed by atoms with Crippen LogP contribution in [0.4, 0.5) is 0 Å². The molecule has 0 aromatic heterocycles. The zero-order chi connectivity index (χ0) is 13.6. The maximum Gasteiger partial charge on any atom is 0.293 e. The van der Waals surface area contributed by atoms with Gasteiger partial charge in [-0.05, 0) is 30.6 Å². The van der Waals surface area contributed by atoms with Gasteiger partial charge < -0.3 is 9.47 Å². The summed E-state index contributed by atoms with van der Waals surface area (Å²) in [6.45, 7) is 9.95. The maximum atomic E-state index is 10.4. The van der Waals surface area contributed by atoms with Gasteiger partial charge in [0, 0.05) is 0 Å². The quantitative estimate of drug-likeness (QED) is 0.682. The second-order valence-electron chi connectivity index (χ2n) is 6.39. The molecule has 3 unspecified atom stereocenters. The molecule has 0 spiro atoms. The van der Waals surface area contributed by atoms with Crippen LogP contribution in [0.2, 0.25) is 0 Å². The summed E-state index contributed by atoms with van der Waals surface area (Å²) in [5.74, 6) is 0.611. The van der Waals surface area contributed by atoms with E-state index in [-0.39, 0.29) is 11.5 Å². The van der Waals surface area contributed by atoms with Gasteiger partial charge in [0.1, 0.15) is 6.10 Å². The van der Waals surface area contributed by atoms with Crippen LogP contribution in [0.25, 0.3) is 0 Å². The molecule has 3 atom stereocenters. The highest BCUT2D eigenvalue weighted by Crippen LogP contribution is 2.39. The van der Waals surface area contributed by atoms with Crippen LogP contribution >= 0.6 is 0 Å². The first kappa shape index (κ1) is 15.5. The van der Waals surface area contributed by atoms with Crippen molar-refractivity contribution < 1.29 is 14.3 Å². The van der Waals surface area contributed by atoms with E-state index in [9.17, 15) is 4.79 Å². The minimum absolute atomic E-state index is 0.0926. The number of carbonyl (C=O) groups is 1. The van der Waals surface area contributed by atoms with Crippen molar-refractivity contribution in [1.82, 2.24) is 0 Å². The summed E-state index contributed by atoms with van der Waals surface area (Å²) in [5, 5.41) is 0. The third-order valence-electron chi connectivity index (χ3n) is 4.01. The van der Waals surface area contributed by atoms with Gasteiger partial charge in [0.05, 0.1) is 12.7 Å². The fraction of sp³-hybridized carbons (Fsp3) is 0.933. The van der Waals surface area contributed by atoms with E-state index in [1.807, 2.05) is 6.92 Å². The van der Waals surface area contributed by atoms with Gasteiger partial charge in [-0.2, -0.15) is 0 Å². The van der Waals surface area contributed by atoms with Crippen molar-refractivity contribution in [3.8, 4) is 0 Å². The molecule has 0 amide bonds. The molecule has 1 rings (SSSR count). The Bertz CT molecular complexity index is 245. The molecule has 0 N–H and O–H groups in total. The van der Waals surface area contributed by atoms with Crippen molar-refractivity contribution in [3.63, 3.8) is 0 Å². The number of hydrogen-bond donors (Lipinski definition) is 0. The Morgan fingerprint density at radius 2 is 1.94 bits per heavy atom. The minimum Gasteiger partial charge on any atom is -0.462 e. The molecule has 0 aromatic carbocycles. The van der Waals surface area contributed by atoms with Crippen LogP contribution in [0.5, 0.6) is 0 Å². The molecule has 3 heteroatoms. The van der Waals surface area contributed by atoms with Crippen molar-refractivity contribution in [2.75, 3.05) is 6.61 Å². The number of ether oxygens (including phenoxy) is 2. The predicted molar refractivity (Wildman–Crippen MR) is 72.4 cm³/mol. The molecule has 1 fully saturated rings. The molecule has 0 saturated heterocycles. The fourth-order valence-corrected chi connectivity index (χ4v) is 2.85. The first-order valence-electron chi connectivity index (χ1n) is 7.19. The lowest BCUT2D eigenvalue weighted by atomic mass is 9.70. The van der Waals surface area contributed by atoms with Gasteiger partial charge in [0.25, 0.3) is 6.47 Å². The van der Waals surface area contributed by atoms with Crippen LogP contribution in [0.1, 0.15) is 59.8 Å². The Morgan fingerprint density at radius 1 is 1.28 bits per heavy atom. The Labute approximate surface area is 111 Å². The van der Waals surface area contributed by atoms with Gasteiger partial charge >= 0.3 is 0 Å². The Morgan fingerprint density at radius 3 is 2.50 bits per heavy atom. The Hall–Kier alpha value is -0.570. The van der Waals surface area contributed by atoms with Crippen molar-refractivity contribution in [2.24, 2.45) is 11.3 Å². The van der Waals surface area contributed by atoms with Gasteiger partial charge in [-0.1, -0.05) is 40.5 Å². The molecule has 1 aliphatic rings. The Balaban J connectivity index is 2.49. The van der Waals surface area contributed by atoms with Crippen molar-refractivity contribution in [1.29, 1.82) is 0 Å². The van der Waals surface area contributed by atoms with Gasteiger partial charge in [-0.25, -0.2) is 0 Å². The van der Waals surface area contributed by atoms with Crippen LogP contribution in [0.3, 0.4) is 0 Å². The van der Waals surface area contributed by atoms with E-state index < -0.39 is 0 Å². The van der Waals surface area contributed by atoms with Crippen LogP contribution in [0, 0.1) is 11.3 Å². The molecule has 3 nitrogen and oxygen atoms in total. The summed E-state index contributed by atoms with van der Waals surface area (Å²) in [7, 11) is 0. The molecule has 0 aromatic rings. The Kier molecular flexibility index (Phi) is 6.13.